The number of pyridine rings is 1. The maximum absolute atomic E-state index is 11.2. The van der Waals surface area contributed by atoms with Crippen LogP contribution >= 0.6 is 0 Å². The third-order valence-electron chi connectivity index (χ3n) is 2.58. The maximum Gasteiger partial charge on any atom is 0.339 e. The topological polar surface area (TPSA) is 80.0 Å². The zero-order valence-electron chi connectivity index (χ0n) is 10.2. The molecule has 0 saturated heterocycles. The molecule has 0 aromatic carbocycles. The van der Waals surface area contributed by atoms with Gasteiger partial charge in [0, 0.05) is 19.4 Å². The maximum atomic E-state index is 11.2. The van der Waals surface area contributed by atoms with Gasteiger partial charge < -0.3 is 10.4 Å². The van der Waals surface area contributed by atoms with E-state index in [0.29, 0.717) is 17.9 Å². The smallest absolute Gasteiger partial charge is 0.339 e. The van der Waals surface area contributed by atoms with Crippen LogP contribution in [0.4, 0.5) is 5.82 Å². The van der Waals surface area contributed by atoms with Crippen molar-refractivity contribution < 1.29 is 9.90 Å². The van der Waals surface area contributed by atoms with Crippen LogP contribution in [0.1, 0.15) is 21.6 Å². The van der Waals surface area contributed by atoms with Gasteiger partial charge in [0.25, 0.3) is 0 Å². The van der Waals surface area contributed by atoms with E-state index in [4.69, 9.17) is 5.11 Å². The van der Waals surface area contributed by atoms with Crippen molar-refractivity contribution in [3.8, 4) is 0 Å². The molecule has 0 amide bonds. The van der Waals surface area contributed by atoms with Gasteiger partial charge in [-0.2, -0.15) is 5.10 Å². The Morgan fingerprint density at radius 2 is 2.28 bits per heavy atom. The van der Waals surface area contributed by atoms with E-state index in [1.807, 2.05) is 19.3 Å². The minimum atomic E-state index is -0.982. The molecule has 0 aliphatic carbocycles. The first-order valence-electron chi connectivity index (χ1n) is 5.49. The van der Waals surface area contributed by atoms with Crippen LogP contribution in [0.15, 0.2) is 24.5 Å². The number of carboxylic acid groups (broad SMARTS) is 1. The Morgan fingerprint density at radius 3 is 2.89 bits per heavy atom. The van der Waals surface area contributed by atoms with Crippen molar-refractivity contribution in [3.63, 3.8) is 0 Å². The second kappa shape index (κ2) is 4.87. The summed E-state index contributed by atoms with van der Waals surface area (Å²) < 4.78 is 1.69. The van der Waals surface area contributed by atoms with E-state index < -0.39 is 5.97 Å². The lowest BCUT2D eigenvalue weighted by molar-refractivity contribution is 0.0697. The number of nitrogens with zero attached hydrogens (tertiary/aromatic N) is 3. The third kappa shape index (κ3) is 2.48. The monoisotopic (exact) mass is 246 g/mol. The van der Waals surface area contributed by atoms with Crippen molar-refractivity contribution in [2.75, 3.05) is 5.32 Å². The Balaban J connectivity index is 2.19. The lowest BCUT2D eigenvalue weighted by atomic mass is 10.1. The number of aromatic carboxylic acids is 1. The highest BCUT2D eigenvalue weighted by Crippen LogP contribution is 2.17. The van der Waals surface area contributed by atoms with Gasteiger partial charge in [0.15, 0.2) is 0 Å². The minimum Gasteiger partial charge on any atom is -0.478 e. The van der Waals surface area contributed by atoms with Gasteiger partial charge in [-0.15, -0.1) is 0 Å². The molecule has 0 saturated carbocycles. The Labute approximate surface area is 104 Å². The van der Waals surface area contributed by atoms with E-state index in [9.17, 15) is 4.79 Å². The minimum absolute atomic E-state index is 0.202. The summed E-state index contributed by atoms with van der Waals surface area (Å²) >= 11 is 0. The quantitative estimate of drug-likeness (QED) is 0.853. The van der Waals surface area contributed by atoms with E-state index in [1.165, 1.54) is 0 Å². The van der Waals surface area contributed by atoms with Crippen LogP contribution in [0, 0.1) is 6.92 Å². The van der Waals surface area contributed by atoms with Crippen molar-refractivity contribution in [1.82, 2.24) is 14.8 Å². The molecule has 6 heteroatoms. The lowest BCUT2D eigenvalue weighted by Gasteiger charge is -2.09. The van der Waals surface area contributed by atoms with Crippen molar-refractivity contribution in [1.29, 1.82) is 0 Å². The molecule has 94 valence electrons. The summed E-state index contributed by atoms with van der Waals surface area (Å²) in [4.78, 5) is 15.2. The van der Waals surface area contributed by atoms with E-state index in [-0.39, 0.29) is 5.56 Å². The number of rotatable bonds is 4. The van der Waals surface area contributed by atoms with Crippen molar-refractivity contribution >= 4 is 11.8 Å². The first kappa shape index (κ1) is 12.1. The summed E-state index contributed by atoms with van der Waals surface area (Å²) in [6, 6.07) is 3.54. The molecule has 0 bridgehead atoms. The van der Waals surface area contributed by atoms with E-state index in [2.05, 4.69) is 15.4 Å². The second-order valence-electron chi connectivity index (χ2n) is 3.99. The molecular weight excluding hydrogens is 232 g/mol. The molecule has 0 aliphatic rings. The van der Waals surface area contributed by atoms with Crippen molar-refractivity contribution in [2.45, 2.75) is 13.5 Å². The molecule has 0 radical (unpaired) electrons. The van der Waals surface area contributed by atoms with Crippen LogP contribution in [0.2, 0.25) is 0 Å². The van der Waals surface area contributed by atoms with Gasteiger partial charge in [0.05, 0.1) is 12.2 Å². The number of aromatic nitrogens is 3. The van der Waals surface area contributed by atoms with Gasteiger partial charge in [0.1, 0.15) is 11.4 Å². The molecule has 2 aromatic rings. The summed E-state index contributed by atoms with van der Waals surface area (Å²) in [7, 11) is 1.83. The van der Waals surface area contributed by atoms with Crippen LogP contribution in [-0.4, -0.2) is 25.8 Å². The molecule has 2 N–H and O–H groups in total. The van der Waals surface area contributed by atoms with Crippen LogP contribution in [0.5, 0.6) is 0 Å². The van der Waals surface area contributed by atoms with Gasteiger partial charge in [0.2, 0.25) is 0 Å². The number of hydrogen-bond donors (Lipinski definition) is 2. The zero-order chi connectivity index (χ0) is 13.1. The van der Waals surface area contributed by atoms with Crippen LogP contribution in [0.3, 0.4) is 0 Å². The summed E-state index contributed by atoms with van der Waals surface area (Å²) in [6.07, 6.45) is 3.42. The van der Waals surface area contributed by atoms with E-state index >= 15 is 0 Å². The highest BCUT2D eigenvalue weighted by Gasteiger charge is 2.14. The van der Waals surface area contributed by atoms with Crippen LogP contribution < -0.4 is 5.32 Å². The van der Waals surface area contributed by atoms with Crippen LogP contribution in [-0.2, 0) is 13.6 Å². The first-order valence-corrected chi connectivity index (χ1v) is 5.49. The van der Waals surface area contributed by atoms with Gasteiger partial charge in [-0.1, -0.05) is 0 Å². The summed E-state index contributed by atoms with van der Waals surface area (Å²) in [6.45, 7) is 2.19. The summed E-state index contributed by atoms with van der Waals surface area (Å²) in [5, 5.41) is 16.3. The predicted octanol–water partition coefficient (Wildman–Crippen LogP) is 1.43. The van der Waals surface area contributed by atoms with E-state index in [1.54, 1.807) is 23.9 Å². The molecule has 0 aliphatic heterocycles. The fraction of sp³-hybridized carbons (Fsp3) is 0.250. The average molecular weight is 246 g/mol. The van der Waals surface area contributed by atoms with Gasteiger partial charge in [-0.3, -0.25) is 4.68 Å². The molecule has 18 heavy (non-hydrogen) atoms. The standard InChI is InChI=1S/C12H14N4O2/c1-8-3-5-13-11(10(8)12(17)18)14-7-9-4-6-16(2)15-9/h3-6H,7H2,1-2H3,(H,13,14)(H,17,18). The van der Waals surface area contributed by atoms with Gasteiger partial charge in [-0.25, -0.2) is 9.78 Å². The highest BCUT2D eigenvalue weighted by atomic mass is 16.4. The highest BCUT2D eigenvalue weighted by molar-refractivity contribution is 5.94. The van der Waals surface area contributed by atoms with Gasteiger partial charge in [-0.05, 0) is 24.6 Å². The molecule has 0 spiro atoms. The number of carbonyl (C=O) groups is 1. The Bertz CT molecular complexity index is 577. The van der Waals surface area contributed by atoms with Crippen molar-refractivity contribution in [3.05, 3.63) is 41.3 Å². The second-order valence-corrected chi connectivity index (χ2v) is 3.99. The summed E-state index contributed by atoms with van der Waals surface area (Å²) in [5.74, 6) is -0.614. The third-order valence-corrected chi connectivity index (χ3v) is 2.58. The molecule has 2 rings (SSSR count). The lowest BCUT2D eigenvalue weighted by Crippen LogP contribution is -2.10. The van der Waals surface area contributed by atoms with E-state index in [0.717, 1.165) is 5.69 Å². The SMILES string of the molecule is Cc1ccnc(NCc2ccn(C)n2)c1C(=O)O. The fourth-order valence-electron chi connectivity index (χ4n) is 1.69. The molecule has 0 fully saturated rings. The average Bonchev–Trinajstić information content (AvgIpc) is 2.72. The van der Waals surface area contributed by atoms with Crippen LogP contribution in [0.25, 0.3) is 0 Å². The fourth-order valence-corrected chi connectivity index (χ4v) is 1.69. The first-order chi connectivity index (χ1) is 8.58. The Kier molecular flexibility index (Phi) is 3.27. The largest absolute Gasteiger partial charge is 0.478 e. The number of aryl methyl sites for hydroxylation is 2. The zero-order valence-corrected chi connectivity index (χ0v) is 10.2. The number of nitrogens with one attached hydrogen (secondary N) is 1. The molecule has 0 atom stereocenters. The molecule has 0 unspecified atom stereocenters. The van der Waals surface area contributed by atoms with Crippen molar-refractivity contribution in [2.24, 2.45) is 7.05 Å². The Hall–Kier alpha value is -2.37. The summed E-state index contributed by atoms with van der Waals surface area (Å²) in [5.41, 5.74) is 1.71. The molecule has 6 nitrogen and oxygen atoms in total. The number of anilines is 1. The predicted molar refractivity (Wildman–Crippen MR) is 66.5 cm³/mol. The molecule has 2 aromatic heterocycles. The number of hydrogen-bond acceptors (Lipinski definition) is 4. The molecule has 2 heterocycles. The normalized spacial score (nSPS) is 10.3. The number of carboxylic acids is 1. The Morgan fingerprint density at radius 1 is 1.50 bits per heavy atom. The molecular formula is C12H14N4O2. The van der Waals surface area contributed by atoms with Gasteiger partial charge >= 0.3 is 5.97 Å².